The van der Waals surface area contributed by atoms with Crippen molar-refractivity contribution in [3.05, 3.63) is 12.2 Å². The van der Waals surface area contributed by atoms with E-state index in [1.807, 2.05) is 14.1 Å². The highest BCUT2D eigenvalue weighted by Crippen LogP contribution is 2.15. The molecule has 47 heavy (non-hydrogen) atoms. The van der Waals surface area contributed by atoms with E-state index < -0.39 is 6.10 Å². The molecule has 0 saturated carbocycles. The molecule has 0 rings (SSSR count). The molecule has 0 aliphatic rings. The average molecular weight is 667 g/mol. The van der Waals surface area contributed by atoms with Crippen LogP contribution in [0.5, 0.6) is 0 Å². The SMILES string of the molecule is CCCCCCCC/C=C\CCCCCCCC(=O)OC[C@H](C[N+](C)(C)CCO)OC(=O)CCCCCCCCCCCCCCC. The lowest BCUT2D eigenvalue weighted by Gasteiger charge is -2.32. The standard InChI is InChI=1S/C41H80NO5/c1-5-7-9-11-13-15-17-19-20-22-23-25-27-29-31-33-40(44)46-38-39(37-42(3,4)35-36-43)47-41(45)34-32-30-28-26-24-21-18-16-14-12-10-8-6-2/h19-20,39,43H,5-18,21-38H2,1-4H3/q+1/b20-19-/t39-/m0/s1. The van der Waals surface area contributed by atoms with E-state index in [1.165, 1.54) is 128 Å². The van der Waals surface area contributed by atoms with E-state index in [2.05, 4.69) is 26.0 Å². The lowest BCUT2D eigenvalue weighted by molar-refractivity contribution is -0.893. The van der Waals surface area contributed by atoms with Gasteiger partial charge in [-0.25, -0.2) is 0 Å². The predicted molar refractivity (Wildman–Crippen MR) is 200 cm³/mol. The van der Waals surface area contributed by atoms with Crippen molar-refractivity contribution < 1.29 is 28.7 Å². The van der Waals surface area contributed by atoms with Gasteiger partial charge in [-0.3, -0.25) is 9.59 Å². The van der Waals surface area contributed by atoms with E-state index in [0.717, 1.165) is 38.5 Å². The minimum absolute atomic E-state index is 0.0574. The third-order valence-electron chi connectivity index (χ3n) is 9.26. The molecule has 0 amide bonds. The van der Waals surface area contributed by atoms with Gasteiger partial charge in [0.05, 0.1) is 20.7 Å². The highest BCUT2D eigenvalue weighted by atomic mass is 16.6. The van der Waals surface area contributed by atoms with Gasteiger partial charge in [-0.05, 0) is 38.5 Å². The molecule has 0 aromatic carbocycles. The number of quaternary nitrogens is 1. The molecule has 6 nitrogen and oxygen atoms in total. The first kappa shape index (κ1) is 45.6. The predicted octanol–water partition coefficient (Wildman–Crippen LogP) is 11.0. The largest absolute Gasteiger partial charge is 0.461 e. The number of nitrogens with zero attached hydrogens (tertiary/aromatic N) is 1. The van der Waals surface area contributed by atoms with Gasteiger partial charge in [0.2, 0.25) is 0 Å². The lowest BCUT2D eigenvalue weighted by Crippen LogP contribution is -2.49. The number of carbonyl (C=O) groups excluding carboxylic acids is 2. The number of esters is 2. The maximum atomic E-state index is 12.6. The number of carbonyl (C=O) groups is 2. The Balaban J connectivity index is 4.06. The van der Waals surface area contributed by atoms with Crippen LogP contribution in [0, 0.1) is 0 Å². The maximum Gasteiger partial charge on any atom is 0.306 e. The van der Waals surface area contributed by atoms with Crippen molar-refractivity contribution in [1.82, 2.24) is 0 Å². The Kier molecular flexibility index (Phi) is 33.4. The first-order valence-corrected chi connectivity index (χ1v) is 20.3. The zero-order valence-electron chi connectivity index (χ0n) is 31.9. The molecule has 0 bridgehead atoms. The van der Waals surface area contributed by atoms with Crippen LogP contribution in [0.2, 0.25) is 0 Å². The van der Waals surface area contributed by atoms with Gasteiger partial charge in [-0.2, -0.15) is 0 Å². The van der Waals surface area contributed by atoms with Gasteiger partial charge in [0.1, 0.15) is 19.7 Å². The summed E-state index contributed by atoms with van der Waals surface area (Å²) in [7, 11) is 3.99. The van der Waals surface area contributed by atoms with Gasteiger partial charge >= 0.3 is 11.9 Å². The molecule has 0 aliphatic carbocycles. The van der Waals surface area contributed by atoms with Crippen molar-refractivity contribution in [2.24, 2.45) is 0 Å². The summed E-state index contributed by atoms with van der Waals surface area (Å²) in [5, 5.41) is 9.45. The molecule has 0 aromatic rings. The molecule has 6 heteroatoms. The highest BCUT2D eigenvalue weighted by Gasteiger charge is 2.26. The van der Waals surface area contributed by atoms with E-state index >= 15 is 0 Å². The van der Waals surface area contributed by atoms with Crippen molar-refractivity contribution in [3.63, 3.8) is 0 Å². The number of likely N-dealkylation sites (N-methyl/N-ethyl adjacent to an activating group) is 1. The Morgan fingerprint density at radius 1 is 0.574 bits per heavy atom. The quantitative estimate of drug-likeness (QED) is 0.0312. The first-order valence-electron chi connectivity index (χ1n) is 20.3. The van der Waals surface area contributed by atoms with Crippen molar-refractivity contribution in [2.75, 3.05) is 40.4 Å². The molecule has 278 valence electrons. The van der Waals surface area contributed by atoms with Gasteiger partial charge in [-0.1, -0.05) is 154 Å². The van der Waals surface area contributed by atoms with E-state index in [0.29, 0.717) is 30.4 Å². The number of ether oxygens (including phenoxy) is 2. The number of unbranched alkanes of at least 4 members (excludes halogenated alkanes) is 23. The van der Waals surface area contributed by atoms with Crippen molar-refractivity contribution in [1.29, 1.82) is 0 Å². The Morgan fingerprint density at radius 3 is 1.38 bits per heavy atom. The normalized spacial score (nSPS) is 12.5. The van der Waals surface area contributed by atoms with Gasteiger partial charge < -0.3 is 19.1 Å². The summed E-state index contributed by atoms with van der Waals surface area (Å²) in [6, 6.07) is 0. The minimum atomic E-state index is -0.496. The summed E-state index contributed by atoms with van der Waals surface area (Å²) in [4.78, 5) is 25.1. The second-order valence-electron chi connectivity index (χ2n) is 14.7. The second kappa shape index (κ2) is 34.5. The van der Waals surface area contributed by atoms with E-state index in [9.17, 15) is 14.7 Å². The molecule has 0 unspecified atom stereocenters. The monoisotopic (exact) mass is 667 g/mol. The first-order chi connectivity index (χ1) is 22.8. The third kappa shape index (κ3) is 34.3. The fourth-order valence-corrected chi connectivity index (χ4v) is 6.17. The van der Waals surface area contributed by atoms with Crippen LogP contribution in [0.25, 0.3) is 0 Å². The molecule has 0 aliphatic heterocycles. The van der Waals surface area contributed by atoms with Crippen LogP contribution in [-0.4, -0.2) is 68.0 Å². The smallest absolute Gasteiger partial charge is 0.306 e. The fraction of sp³-hybridized carbons (Fsp3) is 0.902. The maximum absolute atomic E-state index is 12.6. The average Bonchev–Trinajstić information content (AvgIpc) is 3.03. The summed E-state index contributed by atoms with van der Waals surface area (Å²) in [6.07, 6.45) is 37.4. The van der Waals surface area contributed by atoms with Crippen LogP contribution in [0.15, 0.2) is 12.2 Å². The van der Waals surface area contributed by atoms with Crippen LogP contribution >= 0.6 is 0 Å². The molecule has 1 atom stereocenters. The van der Waals surface area contributed by atoms with Crippen molar-refractivity contribution in [3.8, 4) is 0 Å². The zero-order valence-corrected chi connectivity index (χ0v) is 31.9. The Labute approximate surface area is 292 Å². The fourth-order valence-electron chi connectivity index (χ4n) is 6.17. The van der Waals surface area contributed by atoms with Crippen molar-refractivity contribution in [2.45, 2.75) is 200 Å². The molecule has 1 N–H and O–H groups in total. The lowest BCUT2D eigenvalue weighted by atomic mass is 10.0. The molecule has 0 aromatic heterocycles. The molecule has 0 fully saturated rings. The van der Waals surface area contributed by atoms with Gasteiger partial charge in [0, 0.05) is 12.8 Å². The molecule has 0 radical (unpaired) electrons. The topological polar surface area (TPSA) is 72.8 Å². The summed E-state index contributed by atoms with van der Waals surface area (Å²) >= 11 is 0. The highest BCUT2D eigenvalue weighted by molar-refractivity contribution is 5.70. The van der Waals surface area contributed by atoms with E-state index in [1.54, 1.807) is 0 Å². The second-order valence-corrected chi connectivity index (χ2v) is 14.7. The van der Waals surface area contributed by atoms with E-state index in [-0.39, 0.29) is 25.2 Å². The zero-order chi connectivity index (χ0) is 34.7. The number of allylic oxidation sites excluding steroid dienone is 2. The van der Waals surface area contributed by atoms with Gasteiger partial charge in [-0.15, -0.1) is 0 Å². The van der Waals surface area contributed by atoms with Crippen LogP contribution in [-0.2, 0) is 19.1 Å². The third-order valence-corrected chi connectivity index (χ3v) is 9.26. The van der Waals surface area contributed by atoms with Crippen LogP contribution in [0.3, 0.4) is 0 Å². The number of hydrogen-bond acceptors (Lipinski definition) is 5. The Hall–Kier alpha value is -1.40. The molecule has 0 saturated heterocycles. The number of aliphatic hydroxyl groups is 1. The molecule has 0 heterocycles. The summed E-state index contributed by atoms with van der Waals surface area (Å²) in [6.45, 7) is 5.73. The summed E-state index contributed by atoms with van der Waals surface area (Å²) in [5.41, 5.74) is 0. The number of aliphatic hydroxyl groups excluding tert-OH is 1. The Morgan fingerprint density at radius 2 is 0.957 bits per heavy atom. The molecular formula is C41H80NO5+. The molecular weight excluding hydrogens is 586 g/mol. The number of hydrogen-bond donors (Lipinski definition) is 1. The summed E-state index contributed by atoms with van der Waals surface area (Å²) in [5.74, 6) is -0.428. The van der Waals surface area contributed by atoms with E-state index in [4.69, 9.17) is 9.47 Å². The van der Waals surface area contributed by atoms with Crippen LogP contribution in [0.1, 0.15) is 194 Å². The van der Waals surface area contributed by atoms with Crippen molar-refractivity contribution >= 4 is 11.9 Å². The minimum Gasteiger partial charge on any atom is -0.461 e. The van der Waals surface area contributed by atoms with Crippen LogP contribution in [0.4, 0.5) is 0 Å². The summed E-state index contributed by atoms with van der Waals surface area (Å²) < 4.78 is 11.9. The number of rotatable bonds is 36. The van der Waals surface area contributed by atoms with Crippen LogP contribution < -0.4 is 0 Å². The Bertz CT molecular complexity index is 723. The van der Waals surface area contributed by atoms with Gasteiger partial charge in [0.25, 0.3) is 0 Å². The van der Waals surface area contributed by atoms with Gasteiger partial charge in [0.15, 0.2) is 6.10 Å². The molecule has 0 spiro atoms.